The lowest BCUT2D eigenvalue weighted by atomic mass is 9.55. The van der Waals surface area contributed by atoms with Gasteiger partial charge >= 0.3 is 6.09 Å². The van der Waals surface area contributed by atoms with Gasteiger partial charge in [0.25, 0.3) is 0 Å². The van der Waals surface area contributed by atoms with E-state index in [0.29, 0.717) is 47.8 Å². The highest BCUT2D eigenvalue weighted by molar-refractivity contribution is 6.03. The molecule has 3 N–H and O–H groups in total. The molecule has 2 aliphatic carbocycles. The molecule has 5 rings (SSSR count). The van der Waals surface area contributed by atoms with Gasteiger partial charge in [0.2, 0.25) is 5.79 Å². The molecule has 6 atom stereocenters. The summed E-state index contributed by atoms with van der Waals surface area (Å²) in [5.74, 6) is -0.600. The highest BCUT2D eigenvalue weighted by atomic mass is 16.7. The number of hydrogen-bond donors (Lipinski definition) is 3. The summed E-state index contributed by atoms with van der Waals surface area (Å²) < 4.78 is 32.0. The van der Waals surface area contributed by atoms with Crippen LogP contribution in [0.5, 0.6) is 17.2 Å². The normalized spacial score (nSPS) is 24.0. The number of oxime groups is 1. The number of carbonyl (C=O) groups is 2. The Kier molecular flexibility index (Phi) is 16.7. The average Bonchev–Trinajstić information content (AvgIpc) is 3.22. The summed E-state index contributed by atoms with van der Waals surface area (Å²) >= 11 is 0. The number of benzene rings is 2. The first-order valence-electron chi connectivity index (χ1n) is 20.0. The SMILES string of the molecule is C=CCCOC(=O)N(CCOCCO)C1CC(=NOC)C2=CC(CCCCO)C(CCCCO)C3c4cc(Oc5cccc(C=O)c5)ccc4OC1(OCC=C)C23. The van der Waals surface area contributed by atoms with Crippen molar-refractivity contribution in [3.05, 3.63) is 90.6 Å². The molecule has 1 amide bonds. The van der Waals surface area contributed by atoms with Crippen molar-refractivity contribution in [2.45, 2.75) is 69.1 Å². The maximum Gasteiger partial charge on any atom is 0.410 e. The van der Waals surface area contributed by atoms with Crippen LogP contribution in [0.15, 0.2) is 84.6 Å². The number of aliphatic hydroxyl groups excluding tert-OH is 3. The first-order chi connectivity index (χ1) is 27.9. The summed E-state index contributed by atoms with van der Waals surface area (Å²) in [6, 6.07) is 11.8. The van der Waals surface area contributed by atoms with Gasteiger partial charge < -0.3 is 43.8 Å². The van der Waals surface area contributed by atoms with Crippen LogP contribution in [0, 0.1) is 17.8 Å². The van der Waals surface area contributed by atoms with E-state index in [1.807, 2.05) is 18.2 Å². The van der Waals surface area contributed by atoms with E-state index in [1.54, 1.807) is 41.3 Å². The number of hydrogen-bond acceptors (Lipinski definition) is 12. The lowest BCUT2D eigenvalue weighted by Gasteiger charge is -2.59. The van der Waals surface area contributed by atoms with Crippen molar-refractivity contribution in [3.63, 3.8) is 0 Å². The van der Waals surface area contributed by atoms with Crippen LogP contribution in [0.2, 0.25) is 0 Å². The third-order valence-corrected chi connectivity index (χ3v) is 10.9. The minimum Gasteiger partial charge on any atom is -0.459 e. The fraction of sp³-hybridized carbons (Fsp3) is 0.523. The lowest BCUT2D eigenvalue weighted by molar-refractivity contribution is -0.256. The van der Waals surface area contributed by atoms with Crippen LogP contribution in [0.1, 0.15) is 73.2 Å². The second-order valence-electron chi connectivity index (χ2n) is 14.5. The van der Waals surface area contributed by atoms with Crippen LogP contribution in [0.3, 0.4) is 0 Å². The Morgan fingerprint density at radius 2 is 1.77 bits per heavy atom. The molecule has 0 aromatic heterocycles. The van der Waals surface area contributed by atoms with Crippen molar-refractivity contribution in [1.82, 2.24) is 4.90 Å². The van der Waals surface area contributed by atoms with E-state index in [2.05, 4.69) is 24.4 Å². The summed E-state index contributed by atoms with van der Waals surface area (Å²) in [6.07, 6.45) is 10.8. The zero-order valence-electron chi connectivity index (χ0n) is 33.0. The number of rotatable bonds is 24. The molecule has 1 fully saturated rings. The van der Waals surface area contributed by atoms with Gasteiger partial charge in [0.05, 0.1) is 44.7 Å². The van der Waals surface area contributed by atoms with Crippen molar-refractivity contribution in [2.75, 3.05) is 59.9 Å². The topological polar surface area (TPSA) is 166 Å². The van der Waals surface area contributed by atoms with Crippen molar-refractivity contribution in [2.24, 2.45) is 22.9 Å². The highest BCUT2D eigenvalue weighted by Gasteiger charge is 2.65. The Bertz CT molecular complexity index is 1710. The molecule has 0 spiro atoms. The quantitative estimate of drug-likeness (QED) is 0.0455. The number of ether oxygens (including phenoxy) is 5. The molecule has 0 radical (unpaired) electrons. The maximum atomic E-state index is 14.2. The van der Waals surface area contributed by atoms with Crippen LogP contribution in [-0.4, -0.2) is 110 Å². The van der Waals surface area contributed by atoms with E-state index in [-0.39, 0.29) is 77.0 Å². The van der Waals surface area contributed by atoms with Gasteiger partial charge in [-0.1, -0.05) is 48.4 Å². The number of unbranched alkanes of at least 4 members (excludes halogenated alkanes) is 2. The number of allylic oxidation sites excluding steroid dienone is 1. The minimum atomic E-state index is -1.48. The van der Waals surface area contributed by atoms with E-state index in [9.17, 15) is 24.9 Å². The molecule has 310 valence electrons. The first kappa shape index (κ1) is 43.6. The zero-order chi connectivity index (χ0) is 40.6. The van der Waals surface area contributed by atoms with Gasteiger partial charge in [0.1, 0.15) is 36.7 Å². The predicted molar refractivity (Wildman–Crippen MR) is 215 cm³/mol. The smallest absolute Gasteiger partial charge is 0.410 e. The lowest BCUT2D eigenvalue weighted by Crippen LogP contribution is -2.70. The number of amides is 1. The van der Waals surface area contributed by atoms with E-state index in [0.717, 1.165) is 43.1 Å². The molecule has 1 aliphatic heterocycles. The van der Waals surface area contributed by atoms with Gasteiger partial charge in [-0.3, -0.25) is 9.69 Å². The fourth-order valence-corrected chi connectivity index (χ4v) is 8.63. The molecule has 13 nitrogen and oxygen atoms in total. The van der Waals surface area contributed by atoms with Gasteiger partial charge in [0.15, 0.2) is 0 Å². The van der Waals surface area contributed by atoms with Crippen molar-refractivity contribution >= 4 is 18.1 Å². The molecule has 6 unspecified atom stereocenters. The largest absolute Gasteiger partial charge is 0.459 e. The average molecular weight is 791 g/mol. The Balaban J connectivity index is 1.74. The van der Waals surface area contributed by atoms with Crippen LogP contribution in [0.4, 0.5) is 4.79 Å². The Morgan fingerprint density at radius 3 is 2.49 bits per heavy atom. The molecule has 0 bridgehead atoms. The van der Waals surface area contributed by atoms with Crippen LogP contribution in [-0.2, 0) is 19.0 Å². The minimum absolute atomic E-state index is 0.00964. The van der Waals surface area contributed by atoms with Crippen molar-refractivity contribution in [1.29, 1.82) is 0 Å². The van der Waals surface area contributed by atoms with Gasteiger partial charge in [-0.25, -0.2) is 4.79 Å². The molecule has 13 heteroatoms. The summed E-state index contributed by atoms with van der Waals surface area (Å²) in [4.78, 5) is 32.9. The number of nitrogens with zero attached hydrogens (tertiary/aromatic N) is 2. The van der Waals surface area contributed by atoms with Gasteiger partial charge in [-0.2, -0.15) is 0 Å². The molecule has 2 aromatic carbocycles. The van der Waals surface area contributed by atoms with E-state index in [1.165, 1.54) is 7.11 Å². The molecule has 57 heavy (non-hydrogen) atoms. The van der Waals surface area contributed by atoms with Crippen LogP contribution in [0.25, 0.3) is 0 Å². The van der Waals surface area contributed by atoms with E-state index in [4.69, 9.17) is 28.5 Å². The van der Waals surface area contributed by atoms with E-state index >= 15 is 0 Å². The molecule has 1 saturated carbocycles. The predicted octanol–water partition coefficient (Wildman–Crippen LogP) is 6.58. The standard InChI is InChI=1S/C44H58N2O11/c1-4-6-23-54-43(51)46(18-24-53-25-21-49)40-29-38(45-52-3)36-27-32(13-7-9-19-47)35(15-8-10-20-48)41-37-28-34(56-33-14-11-12-31(26-33)30-50)16-17-39(37)57-44(40,42(36)41)55-22-5-2/h4-5,11-12,14,16-17,26-28,30,32,35,40-42,47-49H,1-2,6-10,13,15,18-25,29H2,3H3. The Labute approximate surface area is 335 Å². The second kappa shape index (κ2) is 21.8. The van der Waals surface area contributed by atoms with E-state index < -0.39 is 23.8 Å². The summed E-state index contributed by atoms with van der Waals surface area (Å²) in [5.41, 5.74) is 2.91. The van der Waals surface area contributed by atoms with Crippen molar-refractivity contribution in [3.8, 4) is 17.2 Å². The van der Waals surface area contributed by atoms with Crippen molar-refractivity contribution < 1.29 is 53.4 Å². The number of carbonyl (C=O) groups excluding carboxylic acids is 2. The Morgan fingerprint density at radius 1 is 0.982 bits per heavy atom. The van der Waals surface area contributed by atoms with Gasteiger partial charge in [0, 0.05) is 43.2 Å². The van der Waals surface area contributed by atoms with Gasteiger partial charge in [-0.05, 0) is 79.8 Å². The zero-order valence-corrected chi connectivity index (χ0v) is 33.0. The fourth-order valence-electron chi connectivity index (χ4n) is 8.63. The molecule has 1 heterocycles. The van der Waals surface area contributed by atoms with Crippen LogP contribution < -0.4 is 9.47 Å². The second-order valence-corrected chi connectivity index (χ2v) is 14.5. The van der Waals surface area contributed by atoms with Crippen LogP contribution >= 0.6 is 0 Å². The highest BCUT2D eigenvalue weighted by Crippen LogP contribution is 2.62. The third-order valence-electron chi connectivity index (χ3n) is 10.9. The monoisotopic (exact) mass is 790 g/mol. The molecule has 3 aliphatic rings. The molecule has 0 saturated heterocycles. The number of fused-ring (bicyclic) bond motifs is 2. The molecular formula is C44H58N2O11. The third kappa shape index (κ3) is 10.3. The van der Waals surface area contributed by atoms with Gasteiger partial charge in [-0.15, -0.1) is 13.2 Å². The maximum absolute atomic E-state index is 14.2. The number of aldehydes is 1. The number of aliphatic hydroxyl groups is 3. The summed E-state index contributed by atoms with van der Waals surface area (Å²) in [6.45, 7) is 8.23. The first-order valence-corrected chi connectivity index (χ1v) is 20.0. The molecule has 2 aromatic rings. The summed E-state index contributed by atoms with van der Waals surface area (Å²) in [7, 11) is 1.50. The summed E-state index contributed by atoms with van der Waals surface area (Å²) in [5, 5.41) is 33.7. The Hall–Kier alpha value is -4.53. The molecular weight excluding hydrogens is 732 g/mol.